The molecule has 0 bridgehead atoms. The maximum absolute atomic E-state index is 11.2. The van der Waals surface area contributed by atoms with Crippen LogP contribution in [0.5, 0.6) is 11.5 Å². The molecule has 8 nitrogen and oxygen atoms in total. The number of carbonyl (C=O) groups is 3. The molecule has 0 saturated carbocycles. The van der Waals surface area contributed by atoms with Gasteiger partial charge in [0.25, 0.3) is 0 Å². The first-order valence-corrected chi connectivity index (χ1v) is 10.3. The highest BCUT2D eigenvalue weighted by molar-refractivity contribution is 9.10. The van der Waals surface area contributed by atoms with Crippen molar-refractivity contribution in [1.82, 2.24) is 0 Å². The molecule has 3 rings (SSSR count). The summed E-state index contributed by atoms with van der Waals surface area (Å²) in [5, 5.41) is 19.6. The zero-order valence-electron chi connectivity index (χ0n) is 15.5. The van der Waals surface area contributed by atoms with Gasteiger partial charge in [0.1, 0.15) is 0 Å². The van der Waals surface area contributed by atoms with E-state index in [1.165, 1.54) is 6.08 Å². The summed E-state index contributed by atoms with van der Waals surface area (Å²) >= 11 is 12.4. The Hall–Kier alpha value is -2.82. The van der Waals surface area contributed by atoms with Gasteiger partial charge in [0.2, 0.25) is 12.7 Å². The molecule has 0 atom stereocenters. The highest BCUT2D eigenvalue weighted by Gasteiger charge is 2.15. The van der Waals surface area contributed by atoms with Gasteiger partial charge in [-0.05, 0) is 42.0 Å². The number of halogens is 3. The molecule has 1 amide bonds. The third-order valence-corrected chi connectivity index (χ3v) is 4.96. The number of amides is 1. The Morgan fingerprint density at radius 2 is 1.61 bits per heavy atom. The summed E-state index contributed by atoms with van der Waals surface area (Å²) < 4.78 is 11.9. The molecule has 1 heterocycles. The first-order chi connectivity index (χ1) is 14.7. The third-order valence-electron chi connectivity index (χ3n) is 3.46. The van der Waals surface area contributed by atoms with E-state index in [9.17, 15) is 14.4 Å². The Morgan fingerprint density at radius 1 is 0.968 bits per heavy atom. The van der Waals surface area contributed by atoms with E-state index < -0.39 is 17.8 Å². The van der Waals surface area contributed by atoms with Gasteiger partial charge in [-0.25, -0.2) is 9.59 Å². The SMILES string of the molecule is O=C(O)/C=C/c1cc2c(cc1Br)OCO2.O=C(O)/C=C\C(=O)Nc1ccc(Br)cc1Cl. The number of hydrogen-bond donors (Lipinski definition) is 3. The second kappa shape index (κ2) is 11.5. The predicted octanol–water partition coefficient (Wildman–Crippen LogP) is 4.96. The lowest BCUT2D eigenvalue weighted by Gasteiger charge is -2.04. The van der Waals surface area contributed by atoms with Crippen LogP contribution >= 0.6 is 43.5 Å². The normalized spacial score (nSPS) is 11.8. The van der Waals surface area contributed by atoms with E-state index in [1.54, 1.807) is 30.3 Å². The Kier molecular flexibility index (Phi) is 9.10. The van der Waals surface area contributed by atoms with Gasteiger partial charge >= 0.3 is 11.9 Å². The van der Waals surface area contributed by atoms with Gasteiger partial charge in [-0.1, -0.05) is 43.5 Å². The maximum Gasteiger partial charge on any atom is 0.328 e. The van der Waals surface area contributed by atoms with Crippen molar-refractivity contribution < 1.29 is 34.1 Å². The number of rotatable bonds is 5. The lowest BCUT2D eigenvalue weighted by molar-refractivity contribution is -0.132. The fraction of sp³-hybridized carbons (Fsp3) is 0.0500. The monoisotopic (exact) mass is 573 g/mol. The minimum Gasteiger partial charge on any atom is -0.478 e. The van der Waals surface area contributed by atoms with Gasteiger partial charge in [-0.15, -0.1) is 0 Å². The van der Waals surface area contributed by atoms with Gasteiger partial charge in [0.15, 0.2) is 11.5 Å². The molecular formula is C20H14Br2ClNO7. The van der Waals surface area contributed by atoms with Gasteiger partial charge in [-0.2, -0.15) is 0 Å². The molecule has 0 unspecified atom stereocenters. The molecule has 0 fully saturated rings. The number of nitrogens with one attached hydrogen (secondary N) is 1. The van der Waals surface area contributed by atoms with E-state index in [2.05, 4.69) is 37.2 Å². The zero-order valence-corrected chi connectivity index (χ0v) is 19.4. The maximum atomic E-state index is 11.2. The van der Waals surface area contributed by atoms with E-state index >= 15 is 0 Å². The summed E-state index contributed by atoms with van der Waals surface area (Å²) in [4.78, 5) is 31.8. The molecule has 11 heteroatoms. The Labute approximate surface area is 198 Å². The molecule has 1 aliphatic heterocycles. The molecule has 0 radical (unpaired) electrons. The van der Waals surface area contributed by atoms with Crippen LogP contribution < -0.4 is 14.8 Å². The summed E-state index contributed by atoms with van der Waals surface area (Å²) in [5.41, 5.74) is 1.16. The van der Waals surface area contributed by atoms with E-state index in [4.69, 9.17) is 31.3 Å². The molecule has 0 aromatic heterocycles. The van der Waals surface area contributed by atoms with Crippen molar-refractivity contribution in [1.29, 1.82) is 0 Å². The minimum absolute atomic E-state index is 0.202. The standard InChI is InChI=1S/C10H7BrClNO3.C10H7BrO4/c11-6-1-2-8(7(12)5-6)13-9(14)3-4-10(15)16;11-7-4-9-8(14-5-15-9)3-6(7)1-2-10(12)13/h1-5H,(H,13,14)(H,15,16);1-4H,5H2,(H,12,13)/b4-3-;2-1+. The van der Waals surface area contributed by atoms with Crippen molar-refractivity contribution in [2.75, 3.05) is 12.1 Å². The van der Waals surface area contributed by atoms with E-state index in [0.717, 1.165) is 32.7 Å². The zero-order chi connectivity index (χ0) is 23.0. The van der Waals surface area contributed by atoms with Crippen molar-refractivity contribution in [3.63, 3.8) is 0 Å². The van der Waals surface area contributed by atoms with Crippen LogP contribution in [-0.4, -0.2) is 34.9 Å². The van der Waals surface area contributed by atoms with Crippen LogP contribution in [0.2, 0.25) is 5.02 Å². The Bertz CT molecular complexity index is 1070. The van der Waals surface area contributed by atoms with Gasteiger partial charge in [0.05, 0.1) is 10.7 Å². The summed E-state index contributed by atoms with van der Waals surface area (Å²) in [7, 11) is 0. The number of anilines is 1. The molecule has 31 heavy (non-hydrogen) atoms. The van der Waals surface area contributed by atoms with Crippen LogP contribution in [0.25, 0.3) is 6.08 Å². The smallest absolute Gasteiger partial charge is 0.328 e. The average molecular weight is 576 g/mol. The highest BCUT2D eigenvalue weighted by atomic mass is 79.9. The van der Waals surface area contributed by atoms with Crippen LogP contribution in [-0.2, 0) is 14.4 Å². The first kappa shape index (κ1) is 24.4. The van der Waals surface area contributed by atoms with Crippen molar-refractivity contribution in [2.45, 2.75) is 0 Å². The summed E-state index contributed by atoms with van der Waals surface area (Å²) in [6.45, 7) is 0.202. The highest BCUT2D eigenvalue weighted by Crippen LogP contribution is 2.37. The third kappa shape index (κ3) is 8.08. The summed E-state index contributed by atoms with van der Waals surface area (Å²) in [6, 6.07) is 8.43. The molecule has 3 N–H and O–H groups in total. The fourth-order valence-corrected chi connectivity index (χ4v) is 3.31. The van der Waals surface area contributed by atoms with Crippen LogP contribution in [0.15, 0.2) is 57.5 Å². The van der Waals surface area contributed by atoms with Crippen molar-refractivity contribution in [2.24, 2.45) is 0 Å². The number of aliphatic carboxylic acids is 2. The van der Waals surface area contributed by atoms with Crippen LogP contribution in [0.4, 0.5) is 5.69 Å². The van der Waals surface area contributed by atoms with Crippen LogP contribution in [0.3, 0.4) is 0 Å². The number of benzene rings is 2. The molecule has 1 aliphatic rings. The molecule has 162 valence electrons. The average Bonchev–Trinajstić information content (AvgIpc) is 3.14. The van der Waals surface area contributed by atoms with E-state index in [0.29, 0.717) is 22.2 Å². The second-order valence-corrected chi connectivity index (χ2v) is 7.86. The fourth-order valence-electron chi connectivity index (χ4n) is 2.13. The number of carboxylic acids is 2. The van der Waals surface area contributed by atoms with Gasteiger partial charge in [0, 0.05) is 27.2 Å². The number of carboxylic acid groups (broad SMARTS) is 2. The summed E-state index contributed by atoms with van der Waals surface area (Å²) in [6.07, 6.45) is 4.24. The van der Waals surface area contributed by atoms with E-state index in [1.807, 2.05) is 0 Å². The quantitative estimate of drug-likeness (QED) is 0.431. The molecule has 0 saturated heterocycles. The van der Waals surface area contributed by atoms with Crippen LogP contribution in [0.1, 0.15) is 5.56 Å². The number of ether oxygens (including phenoxy) is 2. The number of fused-ring (bicyclic) bond motifs is 1. The first-order valence-electron chi connectivity index (χ1n) is 8.33. The molecular weight excluding hydrogens is 561 g/mol. The molecule has 0 aliphatic carbocycles. The van der Waals surface area contributed by atoms with Gasteiger partial charge < -0.3 is 25.0 Å². The largest absolute Gasteiger partial charge is 0.478 e. The van der Waals surface area contributed by atoms with Gasteiger partial charge in [-0.3, -0.25) is 4.79 Å². The number of hydrogen-bond acceptors (Lipinski definition) is 5. The molecule has 2 aromatic carbocycles. The molecule has 2 aromatic rings. The second-order valence-electron chi connectivity index (χ2n) is 5.68. The Morgan fingerprint density at radius 3 is 2.23 bits per heavy atom. The van der Waals surface area contributed by atoms with Crippen molar-refractivity contribution >= 4 is 73.1 Å². The predicted molar refractivity (Wildman–Crippen MR) is 121 cm³/mol. The van der Waals surface area contributed by atoms with Crippen molar-refractivity contribution in [3.05, 3.63) is 68.1 Å². The Balaban J connectivity index is 0.000000220. The number of carbonyl (C=O) groups excluding carboxylic acids is 1. The topological polar surface area (TPSA) is 122 Å². The van der Waals surface area contributed by atoms with Crippen molar-refractivity contribution in [3.8, 4) is 11.5 Å². The van der Waals surface area contributed by atoms with E-state index in [-0.39, 0.29) is 6.79 Å². The van der Waals surface area contributed by atoms with Crippen LogP contribution in [0, 0.1) is 0 Å². The lowest BCUT2D eigenvalue weighted by Crippen LogP contribution is -2.08. The minimum atomic E-state index is -1.18. The molecule has 0 spiro atoms. The summed E-state index contributed by atoms with van der Waals surface area (Å²) in [5.74, 6) is -1.43. The lowest BCUT2D eigenvalue weighted by atomic mass is 10.2.